The first-order valence-electron chi connectivity index (χ1n) is 7.18. The molecule has 0 aromatic heterocycles. The molecule has 0 aliphatic carbocycles. The second-order valence-electron chi connectivity index (χ2n) is 5.39. The first-order valence-corrected chi connectivity index (χ1v) is 7.18. The highest BCUT2D eigenvalue weighted by Crippen LogP contribution is 2.18. The second-order valence-corrected chi connectivity index (χ2v) is 5.39. The quantitative estimate of drug-likeness (QED) is 0.308. The van der Waals surface area contributed by atoms with Gasteiger partial charge in [0.15, 0.2) is 5.84 Å². The molecule has 3 N–H and O–H groups in total. The van der Waals surface area contributed by atoms with Gasteiger partial charge in [0.2, 0.25) is 5.91 Å². The highest BCUT2D eigenvalue weighted by molar-refractivity contribution is 6.02. The number of oxime groups is 1. The van der Waals surface area contributed by atoms with Crippen molar-refractivity contribution in [2.75, 3.05) is 6.54 Å². The van der Waals surface area contributed by atoms with E-state index in [1.807, 2.05) is 25.7 Å². The minimum absolute atomic E-state index is 0.00445. The zero-order valence-electron chi connectivity index (χ0n) is 12.9. The Hall–Kier alpha value is -1.26. The maximum Gasteiger partial charge on any atom is 0.233 e. The highest BCUT2D eigenvalue weighted by Gasteiger charge is 2.32. The van der Waals surface area contributed by atoms with E-state index in [0.717, 1.165) is 25.8 Å². The molecule has 0 bridgehead atoms. The number of amides is 1. The lowest BCUT2D eigenvalue weighted by Crippen LogP contribution is -2.48. The van der Waals surface area contributed by atoms with Crippen molar-refractivity contribution in [1.29, 1.82) is 0 Å². The minimum atomic E-state index is -0.546. The van der Waals surface area contributed by atoms with Crippen molar-refractivity contribution in [2.45, 2.75) is 59.9 Å². The average Bonchev–Trinajstić information content (AvgIpc) is 2.38. The van der Waals surface area contributed by atoms with E-state index in [-0.39, 0.29) is 23.7 Å². The van der Waals surface area contributed by atoms with Crippen molar-refractivity contribution in [3.8, 4) is 0 Å². The average molecular weight is 271 g/mol. The van der Waals surface area contributed by atoms with E-state index in [0.29, 0.717) is 0 Å². The van der Waals surface area contributed by atoms with Crippen LogP contribution in [0.4, 0.5) is 0 Å². The molecule has 0 aromatic carbocycles. The molecule has 0 fully saturated rings. The number of carbonyl (C=O) groups excluding carboxylic acids is 1. The van der Waals surface area contributed by atoms with Gasteiger partial charge in [-0.3, -0.25) is 4.79 Å². The topological polar surface area (TPSA) is 78.9 Å². The van der Waals surface area contributed by atoms with Gasteiger partial charge in [-0.05, 0) is 25.7 Å². The van der Waals surface area contributed by atoms with Gasteiger partial charge >= 0.3 is 0 Å². The van der Waals surface area contributed by atoms with Crippen LogP contribution in [-0.4, -0.2) is 34.4 Å². The summed E-state index contributed by atoms with van der Waals surface area (Å²) in [5.74, 6) is -0.564. The van der Waals surface area contributed by atoms with Gasteiger partial charge in [-0.1, -0.05) is 39.3 Å². The molecule has 5 heteroatoms. The van der Waals surface area contributed by atoms with Crippen LogP contribution < -0.4 is 5.73 Å². The van der Waals surface area contributed by atoms with Crippen LogP contribution >= 0.6 is 0 Å². The van der Waals surface area contributed by atoms with Crippen LogP contribution in [0.1, 0.15) is 53.9 Å². The third kappa shape index (κ3) is 5.09. The molecule has 112 valence electrons. The third-order valence-electron chi connectivity index (χ3n) is 3.53. The van der Waals surface area contributed by atoms with E-state index in [2.05, 4.69) is 19.0 Å². The van der Waals surface area contributed by atoms with Gasteiger partial charge in [-0.25, -0.2) is 0 Å². The summed E-state index contributed by atoms with van der Waals surface area (Å²) in [6.07, 6.45) is 2.91. The Morgan fingerprint density at radius 2 is 1.89 bits per heavy atom. The number of nitrogens with two attached hydrogens (primary N) is 1. The fourth-order valence-electron chi connectivity index (χ4n) is 2.09. The Morgan fingerprint density at radius 3 is 2.26 bits per heavy atom. The van der Waals surface area contributed by atoms with Gasteiger partial charge in [0, 0.05) is 12.6 Å². The second kappa shape index (κ2) is 8.77. The summed E-state index contributed by atoms with van der Waals surface area (Å²) in [7, 11) is 0. The van der Waals surface area contributed by atoms with Gasteiger partial charge in [0.25, 0.3) is 0 Å². The Labute approximate surface area is 116 Å². The van der Waals surface area contributed by atoms with Crippen LogP contribution in [0.2, 0.25) is 0 Å². The number of nitrogens with zero attached hydrogens (tertiary/aromatic N) is 2. The first kappa shape index (κ1) is 17.7. The van der Waals surface area contributed by atoms with E-state index in [4.69, 9.17) is 10.9 Å². The van der Waals surface area contributed by atoms with Gasteiger partial charge < -0.3 is 15.8 Å². The molecule has 0 aliphatic heterocycles. The smallest absolute Gasteiger partial charge is 0.233 e. The molecule has 0 aliphatic rings. The number of unbranched alkanes of at least 4 members (excludes halogenated alkanes) is 1. The largest absolute Gasteiger partial charge is 0.409 e. The zero-order chi connectivity index (χ0) is 15.0. The molecule has 19 heavy (non-hydrogen) atoms. The van der Waals surface area contributed by atoms with Crippen LogP contribution in [0.15, 0.2) is 5.16 Å². The summed E-state index contributed by atoms with van der Waals surface area (Å²) in [5.41, 5.74) is 5.68. The lowest BCUT2D eigenvalue weighted by Gasteiger charge is -2.33. The van der Waals surface area contributed by atoms with E-state index in [1.54, 1.807) is 0 Å². The van der Waals surface area contributed by atoms with Gasteiger partial charge in [0.05, 0.1) is 0 Å². The molecule has 0 saturated heterocycles. The first-order chi connectivity index (χ1) is 8.90. The number of hydrogen-bond acceptors (Lipinski definition) is 3. The molecular weight excluding hydrogens is 242 g/mol. The van der Waals surface area contributed by atoms with Crippen LogP contribution in [0.25, 0.3) is 0 Å². The van der Waals surface area contributed by atoms with Crippen LogP contribution in [0.3, 0.4) is 0 Å². The fraction of sp³-hybridized carbons (Fsp3) is 0.857. The molecule has 0 spiro atoms. The van der Waals surface area contributed by atoms with Crippen molar-refractivity contribution < 1.29 is 10.0 Å². The van der Waals surface area contributed by atoms with Crippen molar-refractivity contribution >= 4 is 11.7 Å². The maximum absolute atomic E-state index is 12.6. The third-order valence-corrected chi connectivity index (χ3v) is 3.53. The van der Waals surface area contributed by atoms with Crippen LogP contribution in [0.5, 0.6) is 0 Å². The van der Waals surface area contributed by atoms with Crippen LogP contribution in [0, 0.1) is 11.8 Å². The Kier molecular flexibility index (Phi) is 8.19. The lowest BCUT2D eigenvalue weighted by molar-refractivity contribution is -0.136. The van der Waals surface area contributed by atoms with Crippen molar-refractivity contribution in [2.24, 2.45) is 22.7 Å². The van der Waals surface area contributed by atoms with Gasteiger partial charge in [0.1, 0.15) is 5.92 Å². The van der Waals surface area contributed by atoms with Crippen molar-refractivity contribution in [3.63, 3.8) is 0 Å². The molecule has 0 saturated carbocycles. The van der Waals surface area contributed by atoms with E-state index in [9.17, 15) is 4.79 Å². The van der Waals surface area contributed by atoms with Gasteiger partial charge in [-0.2, -0.15) is 0 Å². The lowest BCUT2D eigenvalue weighted by atomic mass is 9.92. The van der Waals surface area contributed by atoms with E-state index in [1.165, 1.54) is 0 Å². The Morgan fingerprint density at radius 1 is 1.32 bits per heavy atom. The highest BCUT2D eigenvalue weighted by atomic mass is 16.4. The van der Waals surface area contributed by atoms with E-state index < -0.39 is 5.92 Å². The van der Waals surface area contributed by atoms with Crippen molar-refractivity contribution in [1.82, 2.24) is 4.90 Å². The maximum atomic E-state index is 12.6. The summed E-state index contributed by atoms with van der Waals surface area (Å²) < 4.78 is 0. The number of amidine groups is 1. The SMILES string of the molecule is CCCCN(C(=O)C(C(N)=NO)C(C)C)C(C)CC. The molecule has 0 rings (SSSR count). The predicted octanol–water partition coefficient (Wildman–Crippen LogP) is 2.43. The zero-order valence-corrected chi connectivity index (χ0v) is 12.9. The van der Waals surface area contributed by atoms with Crippen LogP contribution in [-0.2, 0) is 4.79 Å². The molecule has 0 radical (unpaired) electrons. The molecule has 0 heterocycles. The Balaban J connectivity index is 5.12. The monoisotopic (exact) mass is 271 g/mol. The summed E-state index contributed by atoms with van der Waals surface area (Å²) in [6, 6.07) is 0.173. The van der Waals surface area contributed by atoms with E-state index >= 15 is 0 Å². The summed E-state index contributed by atoms with van der Waals surface area (Å²) in [5, 5.41) is 11.9. The molecule has 2 atom stereocenters. The predicted molar refractivity (Wildman–Crippen MR) is 78.1 cm³/mol. The summed E-state index contributed by atoms with van der Waals surface area (Å²) >= 11 is 0. The number of rotatable bonds is 8. The molecule has 0 aromatic rings. The normalized spacial score (nSPS) is 15.4. The molecular formula is C14H29N3O2. The molecule has 5 nitrogen and oxygen atoms in total. The summed E-state index contributed by atoms with van der Waals surface area (Å²) in [6.45, 7) is 10.8. The molecule has 1 amide bonds. The standard InChI is InChI=1S/C14H29N3O2/c1-6-8-9-17(11(5)7-2)14(18)12(10(3)4)13(15)16-19/h10-12,19H,6-9H2,1-5H3,(H2,15,16). The Bertz CT molecular complexity index is 303. The van der Waals surface area contributed by atoms with Crippen molar-refractivity contribution in [3.05, 3.63) is 0 Å². The number of carbonyl (C=O) groups is 1. The van der Waals surface area contributed by atoms with Gasteiger partial charge in [-0.15, -0.1) is 0 Å². The minimum Gasteiger partial charge on any atom is -0.409 e. The summed E-state index contributed by atoms with van der Waals surface area (Å²) in [4.78, 5) is 14.5. The fourth-order valence-corrected chi connectivity index (χ4v) is 2.09. The number of hydrogen-bond donors (Lipinski definition) is 2. The molecule has 2 unspecified atom stereocenters.